The van der Waals surface area contributed by atoms with Crippen LogP contribution >= 0.6 is 0 Å². The van der Waals surface area contributed by atoms with Gasteiger partial charge in [-0.3, -0.25) is 4.68 Å². The Morgan fingerprint density at radius 2 is 1.89 bits per heavy atom. The molecule has 1 aromatic heterocycles. The monoisotopic (exact) mass is 254 g/mol. The van der Waals surface area contributed by atoms with Crippen LogP contribution in [0.3, 0.4) is 0 Å². The number of aromatic nitrogens is 2. The minimum atomic E-state index is 0.386. The van der Waals surface area contributed by atoms with Crippen molar-refractivity contribution in [2.75, 3.05) is 0 Å². The van der Waals surface area contributed by atoms with Crippen LogP contribution in [0.5, 0.6) is 0 Å². The van der Waals surface area contributed by atoms with Crippen LogP contribution in [0.2, 0.25) is 0 Å². The average Bonchev–Trinajstić information content (AvgIpc) is 2.92. The first kappa shape index (κ1) is 12.5. The molecule has 19 heavy (non-hydrogen) atoms. The maximum Gasteiger partial charge on any atom is 0.0809 e. The Kier molecular flexibility index (Phi) is 3.41. The van der Waals surface area contributed by atoms with Gasteiger partial charge in [0.2, 0.25) is 0 Å². The summed E-state index contributed by atoms with van der Waals surface area (Å²) in [6.07, 6.45) is 15.7. The van der Waals surface area contributed by atoms with Crippen molar-refractivity contribution in [3.05, 3.63) is 47.8 Å². The third kappa shape index (κ3) is 1.99. The molecule has 0 N–H and O–H groups in total. The summed E-state index contributed by atoms with van der Waals surface area (Å²) < 4.78 is 2.22. The van der Waals surface area contributed by atoms with Gasteiger partial charge in [0.25, 0.3) is 0 Å². The Labute approximate surface area is 115 Å². The Morgan fingerprint density at radius 3 is 2.68 bits per heavy atom. The van der Waals surface area contributed by atoms with Crippen molar-refractivity contribution >= 4 is 5.57 Å². The number of hydrogen-bond donors (Lipinski definition) is 0. The lowest BCUT2D eigenvalue weighted by Crippen LogP contribution is -2.27. The van der Waals surface area contributed by atoms with Gasteiger partial charge in [-0.15, -0.1) is 0 Å². The molecule has 2 heterocycles. The highest BCUT2D eigenvalue weighted by atomic mass is 15.3. The van der Waals surface area contributed by atoms with Gasteiger partial charge in [-0.2, -0.15) is 5.10 Å². The van der Waals surface area contributed by atoms with Gasteiger partial charge >= 0.3 is 0 Å². The van der Waals surface area contributed by atoms with E-state index in [0.29, 0.717) is 12.0 Å². The third-order valence-corrected chi connectivity index (χ3v) is 4.18. The lowest BCUT2D eigenvalue weighted by atomic mass is 9.78. The van der Waals surface area contributed by atoms with Crippen LogP contribution in [0.1, 0.15) is 51.3 Å². The van der Waals surface area contributed by atoms with E-state index in [9.17, 15) is 0 Å². The zero-order valence-electron chi connectivity index (χ0n) is 11.8. The number of allylic oxidation sites excluding steroid dienone is 6. The predicted octanol–water partition coefficient (Wildman–Crippen LogP) is 4.53. The fourth-order valence-electron chi connectivity index (χ4n) is 3.43. The van der Waals surface area contributed by atoms with Crippen LogP contribution in [0, 0.1) is 5.92 Å². The molecule has 3 rings (SSSR count). The molecular formula is C17H22N2. The second kappa shape index (κ2) is 5.20. The van der Waals surface area contributed by atoms with Crippen LogP contribution in [0.4, 0.5) is 0 Å². The summed E-state index contributed by atoms with van der Waals surface area (Å²) in [5.74, 6) is 0.513. The van der Waals surface area contributed by atoms with E-state index in [1.807, 2.05) is 6.20 Å². The van der Waals surface area contributed by atoms with Crippen LogP contribution in [-0.2, 0) is 0 Å². The summed E-state index contributed by atoms with van der Waals surface area (Å²) in [7, 11) is 0. The smallest absolute Gasteiger partial charge is 0.0809 e. The summed E-state index contributed by atoms with van der Waals surface area (Å²) >= 11 is 0. The van der Waals surface area contributed by atoms with Crippen LogP contribution in [-0.4, -0.2) is 9.78 Å². The van der Waals surface area contributed by atoms with Gasteiger partial charge in [-0.05, 0) is 24.5 Å². The second-order valence-electron chi connectivity index (χ2n) is 5.45. The topological polar surface area (TPSA) is 17.8 Å². The second-order valence-corrected chi connectivity index (χ2v) is 5.45. The first-order valence-corrected chi connectivity index (χ1v) is 7.47. The number of hydrogen-bond acceptors (Lipinski definition) is 1. The highest BCUT2D eigenvalue weighted by molar-refractivity contribution is 5.69. The largest absolute Gasteiger partial charge is 0.257 e. The molecule has 0 radical (unpaired) electrons. The van der Waals surface area contributed by atoms with Gasteiger partial charge in [0.15, 0.2) is 0 Å². The summed E-state index contributed by atoms with van der Waals surface area (Å²) in [5.41, 5.74) is 4.53. The van der Waals surface area contributed by atoms with Crippen molar-refractivity contribution in [2.24, 2.45) is 5.92 Å². The number of nitrogens with zero attached hydrogens (tertiary/aromatic N) is 2. The SMILES string of the molecule is CCCC1=C(CCC)C2C=CC=CC2n2nccc21. The van der Waals surface area contributed by atoms with Crippen molar-refractivity contribution in [3.8, 4) is 0 Å². The van der Waals surface area contributed by atoms with Gasteiger partial charge in [-0.1, -0.05) is 56.6 Å². The van der Waals surface area contributed by atoms with E-state index in [2.05, 4.69) is 54.0 Å². The van der Waals surface area contributed by atoms with E-state index < -0.39 is 0 Å². The Morgan fingerprint density at radius 1 is 1.11 bits per heavy atom. The average molecular weight is 254 g/mol. The molecule has 0 amide bonds. The van der Waals surface area contributed by atoms with Gasteiger partial charge in [0.1, 0.15) is 0 Å². The summed E-state index contributed by atoms with van der Waals surface area (Å²) in [5, 5.41) is 4.57. The number of rotatable bonds is 4. The van der Waals surface area contributed by atoms with Crippen LogP contribution < -0.4 is 0 Å². The van der Waals surface area contributed by atoms with Gasteiger partial charge in [0.05, 0.1) is 11.7 Å². The van der Waals surface area contributed by atoms with Gasteiger partial charge in [0, 0.05) is 12.1 Å². The molecule has 0 fully saturated rings. The molecule has 0 bridgehead atoms. The molecule has 0 aromatic carbocycles. The molecule has 0 saturated heterocycles. The highest BCUT2D eigenvalue weighted by Gasteiger charge is 2.32. The quantitative estimate of drug-likeness (QED) is 0.771. The maximum atomic E-state index is 4.57. The van der Waals surface area contributed by atoms with Crippen molar-refractivity contribution in [2.45, 2.75) is 45.6 Å². The molecule has 1 aromatic rings. The molecule has 1 aliphatic heterocycles. The van der Waals surface area contributed by atoms with E-state index >= 15 is 0 Å². The Bertz CT molecular complexity index is 545. The molecule has 2 unspecified atom stereocenters. The fraction of sp³-hybridized carbons (Fsp3) is 0.471. The van der Waals surface area contributed by atoms with E-state index in [1.54, 1.807) is 11.1 Å². The normalized spacial score (nSPS) is 24.5. The minimum absolute atomic E-state index is 0.386. The summed E-state index contributed by atoms with van der Waals surface area (Å²) in [6.45, 7) is 4.54. The Balaban J connectivity index is 2.14. The maximum absolute atomic E-state index is 4.57. The van der Waals surface area contributed by atoms with E-state index in [1.165, 1.54) is 31.4 Å². The van der Waals surface area contributed by atoms with E-state index in [0.717, 1.165) is 0 Å². The lowest BCUT2D eigenvalue weighted by molar-refractivity contribution is 0.432. The zero-order valence-corrected chi connectivity index (χ0v) is 11.8. The molecule has 1 aliphatic carbocycles. The van der Waals surface area contributed by atoms with Crippen molar-refractivity contribution in [1.29, 1.82) is 0 Å². The number of fused-ring (bicyclic) bond motifs is 3. The molecule has 100 valence electrons. The molecule has 2 atom stereocenters. The minimum Gasteiger partial charge on any atom is -0.257 e. The molecule has 2 heteroatoms. The summed E-state index contributed by atoms with van der Waals surface area (Å²) in [4.78, 5) is 0. The van der Waals surface area contributed by atoms with Crippen molar-refractivity contribution < 1.29 is 0 Å². The van der Waals surface area contributed by atoms with Crippen molar-refractivity contribution in [1.82, 2.24) is 9.78 Å². The molecule has 2 aliphatic rings. The first-order valence-electron chi connectivity index (χ1n) is 7.47. The van der Waals surface area contributed by atoms with E-state index in [-0.39, 0.29) is 0 Å². The van der Waals surface area contributed by atoms with Crippen molar-refractivity contribution in [3.63, 3.8) is 0 Å². The zero-order chi connectivity index (χ0) is 13.2. The van der Waals surface area contributed by atoms with Crippen LogP contribution in [0.15, 0.2) is 42.1 Å². The molecule has 2 nitrogen and oxygen atoms in total. The molecule has 0 spiro atoms. The fourth-order valence-corrected chi connectivity index (χ4v) is 3.43. The lowest BCUT2D eigenvalue weighted by Gasteiger charge is -2.35. The first-order chi connectivity index (χ1) is 9.36. The predicted molar refractivity (Wildman–Crippen MR) is 79.8 cm³/mol. The molecular weight excluding hydrogens is 232 g/mol. The standard InChI is InChI=1S/C17H22N2/c1-3-7-13-14(8-4-2)17-11-12-18-19(17)16-10-6-5-9-15(13)16/h5-6,9-12,15-16H,3-4,7-8H2,1-2H3. The molecule has 0 saturated carbocycles. The summed E-state index contributed by atoms with van der Waals surface area (Å²) in [6, 6.07) is 2.57. The van der Waals surface area contributed by atoms with E-state index in [4.69, 9.17) is 0 Å². The van der Waals surface area contributed by atoms with Crippen LogP contribution in [0.25, 0.3) is 5.57 Å². The van der Waals surface area contributed by atoms with Gasteiger partial charge in [-0.25, -0.2) is 0 Å². The highest BCUT2D eigenvalue weighted by Crippen LogP contribution is 2.43. The third-order valence-electron chi connectivity index (χ3n) is 4.18. The Hall–Kier alpha value is -1.57. The van der Waals surface area contributed by atoms with Gasteiger partial charge < -0.3 is 0 Å².